The van der Waals surface area contributed by atoms with E-state index in [0.717, 1.165) is 5.57 Å². The van der Waals surface area contributed by atoms with Gasteiger partial charge in [0.2, 0.25) is 8.32 Å². The van der Waals surface area contributed by atoms with Crippen LogP contribution in [0.1, 0.15) is 68.7 Å². The molecule has 1 aliphatic rings. The molecule has 1 N–H and O–H groups in total. The molecule has 0 spiro atoms. The van der Waals surface area contributed by atoms with Gasteiger partial charge in [0, 0.05) is 25.2 Å². The Labute approximate surface area is 196 Å². The zero-order valence-electron chi connectivity index (χ0n) is 21.6. The van der Waals surface area contributed by atoms with Crippen LogP contribution in [0, 0.1) is 5.92 Å². The predicted molar refractivity (Wildman–Crippen MR) is 131 cm³/mol. The van der Waals surface area contributed by atoms with Crippen molar-refractivity contribution in [3.63, 3.8) is 0 Å². The summed E-state index contributed by atoms with van der Waals surface area (Å²) in [6, 6.07) is 0. The molecule has 186 valence electrons. The van der Waals surface area contributed by atoms with E-state index in [2.05, 4.69) is 47.6 Å². The number of esters is 1. The van der Waals surface area contributed by atoms with Crippen molar-refractivity contribution in [2.45, 2.75) is 104 Å². The lowest BCUT2D eigenvalue weighted by Crippen LogP contribution is -2.53. The maximum Gasteiger partial charge on any atom is 0.330 e. The molecule has 1 heterocycles. The zero-order chi connectivity index (χ0) is 24.5. The van der Waals surface area contributed by atoms with Gasteiger partial charge in [-0.2, -0.15) is 0 Å². The third kappa shape index (κ3) is 7.25. The van der Waals surface area contributed by atoms with Crippen LogP contribution >= 0.6 is 0 Å². The van der Waals surface area contributed by atoms with Crippen LogP contribution in [0.2, 0.25) is 16.6 Å². The average Bonchev–Trinajstić information content (AvgIpc) is 2.69. The molecule has 0 aromatic carbocycles. The monoisotopic (exact) mass is 470 g/mol. The first-order chi connectivity index (χ1) is 15.0. The van der Waals surface area contributed by atoms with Gasteiger partial charge in [0.1, 0.15) is 6.10 Å². The molecule has 0 saturated heterocycles. The largest absolute Gasteiger partial charge is 0.463 e. The zero-order valence-corrected chi connectivity index (χ0v) is 22.6. The lowest BCUT2D eigenvalue weighted by Gasteiger charge is -2.47. The highest BCUT2D eigenvalue weighted by Gasteiger charge is 2.48. The second kappa shape index (κ2) is 13.7. The van der Waals surface area contributed by atoms with E-state index in [1.807, 2.05) is 19.9 Å². The van der Waals surface area contributed by atoms with Gasteiger partial charge in [-0.3, -0.25) is 0 Å². The minimum atomic E-state index is -2.27. The molecule has 0 aromatic rings. The molecule has 7 heteroatoms. The number of hydrogen-bond acceptors (Lipinski definition) is 6. The van der Waals surface area contributed by atoms with Crippen molar-refractivity contribution in [3.8, 4) is 0 Å². The van der Waals surface area contributed by atoms with Crippen LogP contribution in [0.25, 0.3) is 0 Å². The normalized spacial score (nSPS) is 23.3. The quantitative estimate of drug-likeness (QED) is 0.169. The minimum Gasteiger partial charge on any atom is -0.463 e. The van der Waals surface area contributed by atoms with Gasteiger partial charge in [0.15, 0.2) is 6.29 Å². The Morgan fingerprint density at radius 1 is 1.06 bits per heavy atom. The van der Waals surface area contributed by atoms with Crippen LogP contribution in [0.3, 0.4) is 0 Å². The van der Waals surface area contributed by atoms with Crippen molar-refractivity contribution < 1.29 is 28.5 Å². The van der Waals surface area contributed by atoms with Gasteiger partial charge < -0.3 is 23.7 Å². The van der Waals surface area contributed by atoms with E-state index in [1.165, 1.54) is 6.08 Å². The first kappa shape index (κ1) is 29.0. The van der Waals surface area contributed by atoms with E-state index in [0.29, 0.717) is 36.3 Å². The van der Waals surface area contributed by atoms with E-state index in [9.17, 15) is 9.90 Å². The molecule has 4 atom stereocenters. The highest BCUT2D eigenvalue weighted by atomic mass is 28.4. The summed E-state index contributed by atoms with van der Waals surface area (Å²) < 4.78 is 24.5. The van der Waals surface area contributed by atoms with E-state index in [1.54, 1.807) is 6.92 Å². The van der Waals surface area contributed by atoms with Crippen molar-refractivity contribution in [2.24, 2.45) is 5.92 Å². The van der Waals surface area contributed by atoms with E-state index < -0.39 is 26.8 Å². The average molecular weight is 471 g/mol. The second-order valence-electron chi connectivity index (χ2n) is 9.48. The molecule has 0 bridgehead atoms. The topological polar surface area (TPSA) is 74.2 Å². The maximum atomic E-state index is 12.3. The maximum absolute atomic E-state index is 12.3. The van der Waals surface area contributed by atoms with Crippen molar-refractivity contribution in [2.75, 3.05) is 19.8 Å². The van der Waals surface area contributed by atoms with Gasteiger partial charge >= 0.3 is 5.97 Å². The molecule has 0 aromatic heterocycles. The Kier molecular flexibility index (Phi) is 12.4. The summed E-state index contributed by atoms with van der Waals surface area (Å²) in [4.78, 5) is 12.3. The fourth-order valence-corrected chi connectivity index (χ4v) is 10.6. The lowest BCUT2D eigenvalue weighted by molar-refractivity contribution is -0.198. The van der Waals surface area contributed by atoms with Gasteiger partial charge in [-0.15, -0.1) is 0 Å². The number of carbonyl (C=O) groups is 1. The number of aliphatic hydroxyl groups excluding tert-OH is 1. The number of ether oxygens (including phenoxy) is 3. The predicted octanol–water partition coefficient (Wildman–Crippen LogP) is 5.37. The first-order valence-electron chi connectivity index (χ1n) is 12.1. The third-order valence-corrected chi connectivity index (χ3v) is 12.5. The van der Waals surface area contributed by atoms with Gasteiger partial charge in [-0.05, 0) is 49.4 Å². The van der Waals surface area contributed by atoms with Crippen molar-refractivity contribution >= 4 is 14.3 Å². The summed E-state index contributed by atoms with van der Waals surface area (Å²) in [5.74, 6) is -0.391. The molecule has 0 saturated carbocycles. The fraction of sp³-hybridized carbons (Fsp3) is 0.800. The Hall–Kier alpha value is -0.993. The molecule has 32 heavy (non-hydrogen) atoms. The van der Waals surface area contributed by atoms with Crippen molar-refractivity contribution in [1.29, 1.82) is 0 Å². The van der Waals surface area contributed by atoms with Gasteiger partial charge in [0.25, 0.3) is 0 Å². The molecular weight excluding hydrogens is 424 g/mol. The molecule has 1 rings (SSSR count). The molecule has 0 radical (unpaired) electrons. The highest BCUT2D eigenvalue weighted by molar-refractivity contribution is 6.77. The molecule has 1 aliphatic heterocycles. The number of rotatable bonds is 13. The molecule has 0 fully saturated rings. The second-order valence-corrected chi connectivity index (χ2v) is 14.9. The van der Waals surface area contributed by atoms with Crippen molar-refractivity contribution in [3.05, 3.63) is 23.8 Å². The molecule has 6 nitrogen and oxygen atoms in total. The Bertz CT molecular complexity index is 606. The minimum absolute atomic E-state index is 0.0199. The lowest BCUT2D eigenvalue weighted by atomic mass is 9.97. The summed E-state index contributed by atoms with van der Waals surface area (Å²) in [6.45, 7) is 20.0. The fourth-order valence-electron chi connectivity index (χ4n) is 5.02. The number of carbonyl (C=O) groups excluding carboxylic acids is 1. The van der Waals surface area contributed by atoms with Crippen LogP contribution in [-0.2, 0) is 23.4 Å². The Balaban J connectivity index is 3.43. The molecule has 0 aliphatic carbocycles. The third-order valence-electron chi connectivity index (χ3n) is 6.40. The summed E-state index contributed by atoms with van der Waals surface area (Å²) in [5, 5.41) is 9.43. The van der Waals surface area contributed by atoms with Gasteiger partial charge in [-0.25, -0.2) is 4.79 Å². The van der Waals surface area contributed by atoms with E-state index in [4.69, 9.17) is 18.6 Å². The highest BCUT2D eigenvalue weighted by Crippen LogP contribution is 2.44. The SMILES string of the molecule is CCOC(=O)/C=C(\C)[C@@H](O[Si](C(C)C)(C(C)C)C(C)C)[C@H]1C=C[C@@H](CCO)[C@@H](OCC)O1. The van der Waals surface area contributed by atoms with Crippen LogP contribution in [0.4, 0.5) is 0 Å². The standard InChI is InChI=1S/C25H46O6Si/c1-10-28-23(27)16-20(9)24(31-32(17(3)4,18(5)6)19(7)8)22-13-12-21(14-15-26)25(30-22)29-11-2/h12-13,16-19,21-22,24-26H,10-11,14-15H2,1-9H3/b20-16+/t21-,22+,24+,25-/m0/s1. The van der Waals surface area contributed by atoms with Crippen LogP contribution in [-0.4, -0.2) is 57.7 Å². The van der Waals surface area contributed by atoms with Crippen LogP contribution in [0.15, 0.2) is 23.8 Å². The number of aliphatic hydroxyl groups is 1. The Morgan fingerprint density at radius 2 is 1.66 bits per heavy atom. The van der Waals surface area contributed by atoms with Crippen LogP contribution < -0.4 is 0 Å². The molecule has 0 amide bonds. The Morgan fingerprint density at radius 3 is 2.12 bits per heavy atom. The van der Waals surface area contributed by atoms with Crippen LogP contribution in [0.5, 0.6) is 0 Å². The van der Waals surface area contributed by atoms with Gasteiger partial charge in [-0.1, -0.05) is 53.7 Å². The summed E-state index contributed by atoms with van der Waals surface area (Å²) in [5.41, 5.74) is 1.95. The number of hydrogen-bond donors (Lipinski definition) is 1. The molecule has 0 unspecified atom stereocenters. The molecular formula is C25H46O6Si. The first-order valence-corrected chi connectivity index (χ1v) is 14.3. The van der Waals surface area contributed by atoms with Gasteiger partial charge in [0.05, 0.1) is 12.7 Å². The summed E-state index contributed by atoms with van der Waals surface area (Å²) in [6.07, 6.45) is 4.88. The summed E-state index contributed by atoms with van der Waals surface area (Å²) in [7, 11) is -2.27. The van der Waals surface area contributed by atoms with E-state index >= 15 is 0 Å². The summed E-state index contributed by atoms with van der Waals surface area (Å²) >= 11 is 0. The van der Waals surface area contributed by atoms with E-state index in [-0.39, 0.29) is 18.5 Å². The van der Waals surface area contributed by atoms with Crippen molar-refractivity contribution in [1.82, 2.24) is 0 Å². The smallest absolute Gasteiger partial charge is 0.330 e.